The molecular weight excluding hydrogens is 398 g/mol. The lowest BCUT2D eigenvalue weighted by Gasteiger charge is -2.35. The maximum absolute atomic E-state index is 12.8. The van der Waals surface area contributed by atoms with E-state index < -0.39 is 6.10 Å². The number of amides is 2. The first kappa shape index (κ1) is 19.7. The molecule has 8 heteroatoms. The Morgan fingerprint density at radius 2 is 1.81 bits per heavy atom. The highest BCUT2D eigenvalue weighted by atomic mass is 16.7. The molecule has 5 rings (SSSR count). The van der Waals surface area contributed by atoms with Gasteiger partial charge in [0.25, 0.3) is 5.91 Å². The van der Waals surface area contributed by atoms with Crippen molar-refractivity contribution in [2.24, 2.45) is 0 Å². The quantitative estimate of drug-likeness (QED) is 0.812. The summed E-state index contributed by atoms with van der Waals surface area (Å²) >= 11 is 0. The number of carbonyl (C=O) groups is 2. The Morgan fingerprint density at radius 3 is 2.65 bits per heavy atom. The Kier molecular flexibility index (Phi) is 5.15. The fraction of sp³-hybridized carbons (Fsp3) is 0.391. The SMILES string of the molecule is Cc1ccc2c(c1)NC(=O)C(CC(=O)N1CCN(Cc3ccc4c(c3)OCO4)CC1)O2. The molecule has 2 amide bonds. The van der Waals surface area contributed by atoms with E-state index in [9.17, 15) is 9.59 Å². The normalized spacial score (nSPS) is 20.1. The number of ether oxygens (including phenoxy) is 3. The number of hydrogen-bond donors (Lipinski definition) is 1. The number of anilines is 1. The number of rotatable bonds is 4. The number of nitrogens with one attached hydrogen (secondary N) is 1. The summed E-state index contributed by atoms with van der Waals surface area (Å²) in [6.45, 7) is 5.84. The monoisotopic (exact) mass is 423 g/mol. The van der Waals surface area contributed by atoms with Crippen LogP contribution in [-0.2, 0) is 16.1 Å². The Hall–Kier alpha value is -3.26. The minimum atomic E-state index is -0.797. The molecule has 31 heavy (non-hydrogen) atoms. The lowest BCUT2D eigenvalue weighted by Crippen LogP contribution is -2.50. The molecule has 0 radical (unpaired) electrons. The molecule has 0 aromatic heterocycles. The molecule has 3 heterocycles. The van der Waals surface area contributed by atoms with Crippen LogP contribution in [0.3, 0.4) is 0 Å². The first-order valence-corrected chi connectivity index (χ1v) is 10.5. The third-order valence-electron chi connectivity index (χ3n) is 5.88. The van der Waals surface area contributed by atoms with Crippen molar-refractivity contribution in [3.8, 4) is 17.2 Å². The zero-order chi connectivity index (χ0) is 21.4. The Bertz CT molecular complexity index is 1020. The summed E-state index contributed by atoms with van der Waals surface area (Å²) in [6.07, 6.45) is -0.754. The lowest BCUT2D eigenvalue weighted by atomic mass is 10.1. The summed E-state index contributed by atoms with van der Waals surface area (Å²) in [6, 6.07) is 11.6. The van der Waals surface area contributed by atoms with E-state index in [-0.39, 0.29) is 25.0 Å². The Morgan fingerprint density at radius 1 is 1.03 bits per heavy atom. The molecule has 0 aliphatic carbocycles. The molecule has 1 atom stereocenters. The first-order valence-electron chi connectivity index (χ1n) is 10.5. The maximum Gasteiger partial charge on any atom is 0.266 e. The van der Waals surface area contributed by atoms with Crippen molar-refractivity contribution in [1.82, 2.24) is 9.80 Å². The van der Waals surface area contributed by atoms with Crippen LogP contribution in [0.25, 0.3) is 0 Å². The molecule has 162 valence electrons. The smallest absolute Gasteiger partial charge is 0.266 e. The second-order valence-electron chi connectivity index (χ2n) is 8.14. The minimum Gasteiger partial charge on any atom is -0.478 e. The second kappa shape index (κ2) is 8.11. The van der Waals surface area contributed by atoms with Crippen LogP contribution in [-0.4, -0.2) is 60.7 Å². The van der Waals surface area contributed by atoms with E-state index in [0.717, 1.165) is 42.3 Å². The summed E-state index contributed by atoms with van der Waals surface area (Å²) in [4.78, 5) is 29.3. The third-order valence-corrected chi connectivity index (χ3v) is 5.88. The molecule has 1 saturated heterocycles. The van der Waals surface area contributed by atoms with Gasteiger partial charge in [0.15, 0.2) is 17.6 Å². The van der Waals surface area contributed by atoms with Crippen LogP contribution in [0, 0.1) is 6.92 Å². The van der Waals surface area contributed by atoms with Crippen molar-refractivity contribution < 1.29 is 23.8 Å². The average molecular weight is 423 g/mol. The fourth-order valence-electron chi connectivity index (χ4n) is 4.14. The fourth-order valence-corrected chi connectivity index (χ4v) is 4.14. The van der Waals surface area contributed by atoms with Gasteiger partial charge in [0, 0.05) is 32.7 Å². The Balaban J connectivity index is 1.13. The predicted octanol–water partition coefficient (Wildman–Crippen LogP) is 2.16. The van der Waals surface area contributed by atoms with Gasteiger partial charge in [0.1, 0.15) is 5.75 Å². The van der Waals surface area contributed by atoms with Crippen molar-refractivity contribution >= 4 is 17.5 Å². The topological polar surface area (TPSA) is 80.3 Å². The highest BCUT2D eigenvalue weighted by Gasteiger charge is 2.32. The van der Waals surface area contributed by atoms with E-state index in [1.165, 1.54) is 0 Å². The molecule has 1 fully saturated rings. The number of carbonyl (C=O) groups excluding carboxylic acids is 2. The highest BCUT2D eigenvalue weighted by molar-refractivity contribution is 6.00. The van der Waals surface area contributed by atoms with Crippen molar-refractivity contribution in [3.63, 3.8) is 0 Å². The van der Waals surface area contributed by atoms with Gasteiger partial charge in [-0.25, -0.2) is 0 Å². The van der Waals surface area contributed by atoms with Gasteiger partial charge in [0.05, 0.1) is 12.1 Å². The predicted molar refractivity (Wildman–Crippen MR) is 113 cm³/mol. The molecule has 2 aromatic rings. The summed E-state index contributed by atoms with van der Waals surface area (Å²) in [5.41, 5.74) is 2.85. The van der Waals surface area contributed by atoms with Gasteiger partial charge in [-0.2, -0.15) is 0 Å². The van der Waals surface area contributed by atoms with Gasteiger partial charge < -0.3 is 24.4 Å². The standard InChI is InChI=1S/C23H25N3O5/c1-15-2-4-18-17(10-15)24-23(28)21(31-18)12-22(27)26-8-6-25(7-9-26)13-16-3-5-19-20(11-16)30-14-29-19/h2-5,10-11,21H,6-9,12-14H2,1H3,(H,24,28). The van der Waals surface area contributed by atoms with E-state index >= 15 is 0 Å². The van der Waals surface area contributed by atoms with Crippen molar-refractivity contribution in [3.05, 3.63) is 47.5 Å². The van der Waals surface area contributed by atoms with Crippen molar-refractivity contribution in [2.45, 2.75) is 26.0 Å². The van der Waals surface area contributed by atoms with Crippen LogP contribution >= 0.6 is 0 Å². The molecule has 1 N–H and O–H groups in total. The van der Waals surface area contributed by atoms with Gasteiger partial charge in [-0.1, -0.05) is 12.1 Å². The van der Waals surface area contributed by atoms with Gasteiger partial charge in [-0.3, -0.25) is 14.5 Å². The van der Waals surface area contributed by atoms with Crippen molar-refractivity contribution in [2.75, 3.05) is 38.3 Å². The summed E-state index contributed by atoms with van der Waals surface area (Å²) in [5, 5.41) is 2.85. The molecule has 3 aliphatic heterocycles. The number of aryl methyl sites for hydroxylation is 1. The van der Waals surface area contributed by atoms with Crippen LogP contribution in [0.15, 0.2) is 36.4 Å². The maximum atomic E-state index is 12.8. The van der Waals surface area contributed by atoms with Gasteiger partial charge in [0.2, 0.25) is 12.7 Å². The molecule has 8 nitrogen and oxygen atoms in total. The lowest BCUT2D eigenvalue weighted by molar-refractivity contribution is -0.138. The Labute approximate surface area is 180 Å². The van der Waals surface area contributed by atoms with Crippen LogP contribution < -0.4 is 19.5 Å². The van der Waals surface area contributed by atoms with E-state index in [2.05, 4.69) is 10.2 Å². The zero-order valence-corrected chi connectivity index (χ0v) is 17.4. The summed E-state index contributed by atoms with van der Waals surface area (Å²) < 4.78 is 16.6. The summed E-state index contributed by atoms with van der Waals surface area (Å²) in [7, 11) is 0. The molecular formula is C23H25N3O5. The van der Waals surface area contributed by atoms with E-state index in [4.69, 9.17) is 14.2 Å². The highest BCUT2D eigenvalue weighted by Crippen LogP contribution is 2.33. The third kappa shape index (κ3) is 4.16. The number of hydrogen-bond acceptors (Lipinski definition) is 6. The van der Waals surface area contributed by atoms with E-state index in [1.807, 2.05) is 48.2 Å². The number of piperazine rings is 1. The number of benzene rings is 2. The van der Waals surface area contributed by atoms with E-state index in [1.54, 1.807) is 0 Å². The van der Waals surface area contributed by atoms with Crippen molar-refractivity contribution in [1.29, 1.82) is 0 Å². The zero-order valence-electron chi connectivity index (χ0n) is 17.4. The molecule has 0 spiro atoms. The van der Waals surface area contributed by atoms with Gasteiger partial charge in [-0.05, 0) is 42.3 Å². The van der Waals surface area contributed by atoms with Crippen LogP contribution in [0.4, 0.5) is 5.69 Å². The molecule has 2 aromatic carbocycles. The van der Waals surface area contributed by atoms with Gasteiger partial charge >= 0.3 is 0 Å². The second-order valence-corrected chi connectivity index (χ2v) is 8.14. The summed E-state index contributed by atoms with van der Waals surface area (Å²) in [5.74, 6) is 1.85. The largest absolute Gasteiger partial charge is 0.478 e. The number of nitrogens with zero attached hydrogens (tertiary/aromatic N) is 2. The molecule has 3 aliphatic rings. The average Bonchev–Trinajstić information content (AvgIpc) is 3.23. The molecule has 0 saturated carbocycles. The van der Waals surface area contributed by atoms with E-state index in [0.29, 0.717) is 24.5 Å². The number of fused-ring (bicyclic) bond motifs is 2. The van der Waals surface area contributed by atoms with Crippen LogP contribution in [0.1, 0.15) is 17.5 Å². The minimum absolute atomic E-state index is 0.0430. The first-order chi connectivity index (χ1) is 15.0. The van der Waals surface area contributed by atoms with Crippen LogP contribution in [0.5, 0.6) is 17.2 Å². The molecule has 0 bridgehead atoms. The van der Waals surface area contributed by atoms with Gasteiger partial charge in [-0.15, -0.1) is 0 Å². The molecule has 1 unspecified atom stereocenters. The van der Waals surface area contributed by atoms with Crippen LogP contribution in [0.2, 0.25) is 0 Å².